The van der Waals surface area contributed by atoms with Crippen molar-refractivity contribution in [1.82, 2.24) is 9.55 Å². The second-order valence-electron chi connectivity index (χ2n) is 6.02. The zero-order valence-corrected chi connectivity index (χ0v) is 17.2. The van der Waals surface area contributed by atoms with Gasteiger partial charge in [0.2, 0.25) is 5.91 Å². The number of hydrogen-bond donors (Lipinski definition) is 1. The van der Waals surface area contributed by atoms with E-state index in [0.29, 0.717) is 21.3 Å². The maximum absolute atomic E-state index is 12.6. The minimum atomic E-state index is -0.178. The zero-order chi connectivity index (χ0) is 19.0. The molecule has 0 saturated carbocycles. The number of thioether (sulfide) groups is 1. The number of nitrogens with one attached hydrogen (secondary N) is 1. The highest BCUT2D eigenvalue weighted by Crippen LogP contribution is 2.28. The molecule has 0 aliphatic heterocycles. The number of hydrogen-bond acceptors (Lipinski definition) is 5. The van der Waals surface area contributed by atoms with Crippen LogP contribution in [0.15, 0.2) is 28.2 Å². The Morgan fingerprint density at radius 2 is 2.08 bits per heavy atom. The first kappa shape index (κ1) is 18.9. The molecule has 0 atom stereocenters. The fourth-order valence-electron chi connectivity index (χ4n) is 2.48. The van der Waals surface area contributed by atoms with Crippen LogP contribution in [-0.2, 0) is 11.8 Å². The van der Waals surface area contributed by atoms with Crippen LogP contribution < -0.4 is 10.9 Å². The van der Waals surface area contributed by atoms with Crippen LogP contribution in [0.5, 0.6) is 0 Å². The molecule has 0 aliphatic rings. The highest BCUT2D eigenvalue weighted by atomic mass is 35.5. The molecule has 1 N–H and O–H groups in total. The fourth-order valence-corrected chi connectivity index (χ4v) is 4.51. The number of aryl methyl sites for hydroxylation is 3. The molecule has 0 bridgehead atoms. The number of halogens is 1. The van der Waals surface area contributed by atoms with E-state index in [-0.39, 0.29) is 17.2 Å². The van der Waals surface area contributed by atoms with Gasteiger partial charge in [0.05, 0.1) is 11.1 Å². The van der Waals surface area contributed by atoms with Gasteiger partial charge >= 0.3 is 0 Å². The SMILES string of the molecule is Cc1ccc(NC(=O)CSc2nc3sc(C)c(C)c3c(=O)n2C)cc1Cl. The van der Waals surface area contributed by atoms with Crippen LogP contribution in [0.2, 0.25) is 5.02 Å². The first-order valence-electron chi connectivity index (χ1n) is 7.93. The van der Waals surface area contributed by atoms with Gasteiger partial charge in [0.25, 0.3) is 5.56 Å². The normalized spacial score (nSPS) is 11.1. The highest BCUT2D eigenvalue weighted by Gasteiger charge is 2.16. The summed E-state index contributed by atoms with van der Waals surface area (Å²) in [6.07, 6.45) is 0. The third-order valence-corrected chi connectivity index (χ3v) is 6.70. The molecule has 3 aromatic rings. The summed E-state index contributed by atoms with van der Waals surface area (Å²) in [4.78, 5) is 31.2. The third kappa shape index (κ3) is 3.65. The van der Waals surface area contributed by atoms with Crippen LogP contribution >= 0.6 is 34.7 Å². The summed E-state index contributed by atoms with van der Waals surface area (Å²) < 4.78 is 1.50. The van der Waals surface area contributed by atoms with Gasteiger partial charge in [-0.15, -0.1) is 11.3 Å². The lowest BCUT2D eigenvalue weighted by Crippen LogP contribution is -2.21. The first-order chi connectivity index (χ1) is 12.3. The van der Waals surface area contributed by atoms with Gasteiger partial charge in [-0.3, -0.25) is 14.2 Å². The van der Waals surface area contributed by atoms with Gasteiger partial charge in [0, 0.05) is 22.6 Å². The average Bonchev–Trinajstić information content (AvgIpc) is 2.87. The van der Waals surface area contributed by atoms with E-state index in [1.54, 1.807) is 19.2 Å². The lowest BCUT2D eigenvalue weighted by molar-refractivity contribution is -0.113. The summed E-state index contributed by atoms with van der Waals surface area (Å²) in [5.41, 5.74) is 2.50. The molecule has 5 nitrogen and oxygen atoms in total. The van der Waals surface area contributed by atoms with Gasteiger partial charge < -0.3 is 5.32 Å². The summed E-state index contributed by atoms with van der Waals surface area (Å²) >= 11 is 8.82. The molecule has 2 aromatic heterocycles. The predicted octanol–water partition coefficient (Wildman–Crippen LogP) is 4.30. The molecule has 26 heavy (non-hydrogen) atoms. The molecule has 136 valence electrons. The first-order valence-corrected chi connectivity index (χ1v) is 10.1. The minimum Gasteiger partial charge on any atom is -0.325 e. The van der Waals surface area contributed by atoms with E-state index < -0.39 is 0 Å². The van der Waals surface area contributed by atoms with E-state index in [0.717, 1.165) is 20.8 Å². The molecular formula is C18H18ClN3O2S2. The molecule has 0 saturated heterocycles. The Bertz CT molecular complexity index is 1070. The molecule has 1 amide bonds. The Morgan fingerprint density at radius 1 is 1.35 bits per heavy atom. The minimum absolute atomic E-state index is 0.0786. The standard InChI is InChI=1S/C18H18ClN3O2S2/c1-9-5-6-12(7-13(9)19)20-14(23)8-25-18-21-16-15(17(24)22(18)4)10(2)11(3)26-16/h5-7H,8H2,1-4H3,(H,20,23). The van der Waals surface area contributed by atoms with Crippen molar-refractivity contribution in [3.05, 3.63) is 49.6 Å². The topological polar surface area (TPSA) is 64.0 Å². The van der Waals surface area contributed by atoms with E-state index in [2.05, 4.69) is 10.3 Å². The summed E-state index contributed by atoms with van der Waals surface area (Å²) in [7, 11) is 1.68. The molecule has 0 spiro atoms. The van der Waals surface area contributed by atoms with Gasteiger partial charge in [-0.25, -0.2) is 4.98 Å². The van der Waals surface area contributed by atoms with Crippen molar-refractivity contribution in [3.63, 3.8) is 0 Å². The van der Waals surface area contributed by atoms with Crippen LogP contribution in [0, 0.1) is 20.8 Å². The highest BCUT2D eigenvalue weighted by molar-refractivity contribution is 7.99. The Hall–Kier alpha value is -1.83. The second-order valence-corrected chi connectivity index (χ2v) is 8.58. The van der Waals surface area contributed by atoms with E-state index >= 15 is 0 Å². The maximum Gasteiger partial charge on any atom is 0.262 e. The third-order valence-electron chi connectivity index (χ3n) is 4.16. The average molecular weight is 408 g/mol. The number of nitrogens with zero attached hydrogens (tertiary/aromatic N) is 2. The second kappa shape index (κ2) is 7.42. The van der Waals surface area contributed by atoms with Crippen LogP contribution in [0.3, 0.4) is 0 Å². The molecule has 1 aromatic carbocycles. The number of carbonyl (C=O) groups is 1. The monoisotopic (exact) mass is 407 g/mol. The Kier molecular flexibility index (Phi) is 5.41. The number of anilines is 1. The molecule has 3 rings (SSSR count). The van der Waals surface area contributed by atoms with Crippen molar-refractivity contribution in [1.29, 1.82) is 0 Å². The molecule has 8 heteroatoms. The molecule has 0 unspecified atom stereocenters. The van der Waals surface area contributed by atoms with Crippen molar-refractivity contribution in [2.75, 3.05) is 11.1 Å². The predicted molar refractivity (Wildman–Crippen MR) is 110 cm³/mol. The number of amides is 1. The number of thiophene rings is 1. The van der Waals surface area contributed by atoms with Crippen molar-refractivity contribution < 1.29 is 4.79 Å². The molecule has 2 heterocycles. The van der Waals surface area contributed by atoms with Gasteiger partial charge in [0.1, 0.15) is 4.83 Å². The van der Waals surface area contributed by atoms with E-state index in [9.17, 15) is 9.59 Å². The summed E-state index contributed by atoms with van der Waals surface area (Å²) in [6.45, 7) is 5.82. The van der Waals surface area contributed by atoms with Gasteiger partial charge in [-0.1, -0.05) is 29.4 Å². The summed E-state index contributed by atoms with van der Waals surface area (Å²) in [5, 5.41) is 4.61. The van der Waals surface area contributed by atoms with Crippen LogP contribution in [-0.4, -0.2) is 21.2 Å². The summed E-state index contributed by atoms with van der Waals surface area (Å²) in [6, 6.07) is 5.38. The van der Waals surface area contributed by atoms with Crippen molar-refractivity contribution >= 4 is 56.5 Å². The van der Waals surface area contributed by atoms with E-state index in [4.69, 9.17) is 11.6 Å². The van der Waals surface area contributed by atoms with Crippen LogP contribution in [0.1, 0.15) is 16.0 Å². The summed E-state index contributed by atoms with van der Waals surface area (Å²) in [5.74, 6) is -0.0246. The number of benzene rings is 1. The maximum atomic E-state index is 12.6. The van der Waals surface area contributed by atoms with Gasteiger partial charge in [0.15, 0.2) is 5.16 Å². The number of rotatable bonds is 4. The smallest absolute Gasteiger partial charge is 0.262 e. The largest absolute Gasteiger partial charge is 0.325 e. The van der Waals surface area contributed by atoms with Crippen molar-refractivity contribution in [2.24, 2.45) is 7.05 Å². The lowest BCUT2D eigenvalue weighted by Gasteiger charge is -2.09. The number of aromatic nitrogens is 2. The molecular weight excluding hydrogens is 390 g/mol. The van der Waals surface area contributed by atoms with E-state index in [1.807, 2.05) is 26.8 Å². The Balaban J connectivity index is 1.77. The van der Waals surface area contributed by atoms with Crippen molar-refractivity contribution in [3.8, 4) is 0 Å². The van der Waals surface area contributed by atoms with Gasteiger partial charge in [-0.05, 0) is 44.0 Å². The molecule has 0 fully saturated rings. The Labute approximate surface area is 164 Å². The number of carbonyl (C=O) groups excluding carboxylic acids is 1. The quantitative estimate of drug-likeness (QED) is 0.517. The van der Waals surface area contributed by atoms with E-state index in [1.165, 1.54) is 27.7 Å². The molecule has 0 radical (unpaired) electrons. The number of fused-ring (bicyclic) bond motifs is 1. The lowest BCUT2D eigenvalue weighted by atomic mass is 10.2. The van der Waals surface area contributed by atoms with Crippen LogP contribution in [0.25, 0.3) is 10.2 Å². The Morgan fingerprint density at radius 3 is 2.77 bits per heavy atom. The molecule has 0 aliphatic carbocycles. The fraction of sp³-hybridized carbons (Fsp3) is 0.278. The van der Waals surface area contributed by atoms with Crippen molar-refractivity contribution in [2.45, 2.75) is 25.9 Å². The van der Waals surface area contributed by atoms with Gasteiger partial charge in [-0.2, -0.15) is 0 Å². The van der Waals surface area contributed by atoms with Crippen LogP contribution in [0.4, 0.5) is 5.69 Å². The zero-order valence-electron chi connectivity index (χ0n) is 14.8.